The maximum atomic E-state index is 13.7. The lowest BCUT2D eigenvalue weighted by Gasteiger charge is -2.28. The average molecular weight is 597 g/mol. The monoisotopic (exact) mass is 596 g/mol. The molecule has 0 saturated carbocycles. The fourth-order valence-electron chi connectivity index (χ4n) is 6.17. The third-order valence-corrected chi connectivity index (χ3v) is 8.40. The molecule has 3 atom stereocenters. The molecule has 0 radical (unpaired) electrons. The summed E-state index contributed by atoms with van der Waals surface area (Å²) >= 11 is 0. The summed E-state index contributed by atoms with van der Waals surface area (Å²) in [5.41, 5.74) is 5.34. The van der Waals surface area contributed by atoms with Crippen molar-refractivity contribution in [2.45, 2.75) is 57.3 Å². The third-order valence-electron chi connectivity index (χ3n) is 8.40. The number of hydrogen-bond acceptors (Lipinski definition) is 8. The molecule has 1 saturated heterocycles. The minimum absolute atomic E-state index is 0.0921. The molecule has 1 aromatic heterocycles. The molecule has 2 heterocycles. The number of ether oxygens (including phenoxy) is 3. The first-order valence-corrected chi connectivity index (χ1v) is 15.0. The highest BCUT2D eigenvalue weighted by atomic mass is 16.6. The molecule has 1 fully saturated rings. The van der Waals surface area contributed by atoms with Crippen LogP contribution in [-0.2, 0) is 40.0 Å². The normalized spacial score (nSPS) is 17.3. The Morgan fingerprint density at radius 2 is 1.77 bits per heavy atom. The molecule has 9 heteroatoms. The van der Waals surface area contributed by atoms with Crippen LogP contribution in [0.5, 0.6) is 5.75 Å². The Balaban J connectivity index is 1.15. The van der Waals surface area contributed by atoms with Crippen molar-refractivity contribution in [1.29, 1.82) is 0 Å². The van der Waals surface area contributed by atoms with E-state index in [2.05, 4.69) is 4.98 Å². The van der Waals surface area contributed by atoms with Crippen molar-refractivity contribution in [3.8, 4) is 17.2 Å². The van der Waals surface area contributed by atoms with Crippen molar-refractivity contribution in [1.82, 2.24) is 9.88 Å². The Bertz CT molecular complexity index is 1620. The van der Waals surface area contributed by atoms with Gasteiger partial charge >= 0.3 is 6.09 Å². The van der Waals surface area contributed by atoms with Crippen molar-refractivity contribution in [3.05, 3.63) is 107 Å². The number of hydrogen-bond donors (Lipinski definition) is 1. The van der Waals surface area contributed by atoms with Crippen LogP contribution in [0, 0.1) is 6.92 Å². The molecule has 2 amide bonds. The van der Waals surface area contributed by atoms with Crippen molar-refractivity contribution < 1.29 is 33.3 Å². The van der Waals surface area contributed by atoms with E-state index in [4.69, 9.17) is 18.6 Å². The second-order valence-corrected chi connectivity index (χ2v) is 11.2. The van der Waals surface area contributed by atoms with Crippen LogP contribution in [0.2, 0.25) is 0 Å². The van der Waals surface area contributed by atoms with Crippen molar-refractivity contribution in [3.63, 3.8) is 0 Å². The number of carbonyl (C=O) groups is 2. The zero-order chi connectivity index (χ0) is 30.6. The minimum atomic E-state index is -1.27. The Kier molecular flexibility index (Phi) is 8.77. The van der Waals surface area contributed by atoms with Crippen molar-refractivity contribution in [2.24, 2.45) is 0 Å². The molecule has 1 aliphatic carbocycles. The van der Waals surface area contributed by atoms with Crippen LogP contribution in [0.1, 0.15) is 46.2 Å². The smallest absolute Gasteiger partial charge is 0.417 e. The Morgan fingerprint density at radius 1 is 1.05 bits per heavy atom. The number of aryl methyl sites for hydroxylation is 1. The summed E-state index contributed by atoms with van der Waals surface area (Å²) in [6, 6.07) is 22.5. The quantitative estimate of drug-likeness (QED) is 0.245. The first kappa shape index (κ1) is 29.6. The maximum Gasteiger partial charge on any atom is 0.417 e. The van der Waals surface area contributed by atoms with E-state index in [9.17, 15) is 14.7 Å². The second-order valence-electron chi connectivity index (χ2n) is 11.2. The predicted octanol–water partition coefficient (Wildman–Crippen LogP) is 5.40. The summed E-state index contributed by atoms with van der Waals surface area (Å²) in [6.45, 7) is 2.41. The van der Waals surface area contributed by atoms with Crippen LogP contribution >= 0.6 is 0 Å². The van der Waals surface area contributed by atoms with Crippen LogP contribution in [-0.4, -0.2) is 59.5 Å². The molecule has 0 unspecified atom stereocenters. The minimum Gasteiger partial charge on any atom is -0.493 e. The molecule has 1 N–H and O–H groups in total. The van der Waals surface area contributed by atoms with E-state index in [0.717, 1.165) is 63.6 Å². The molecule has 228 valence electrons. The first-order chi connectivity index (χ1) is 21.4. The highest BCUT2D eigenvalue weighted by molar-refractivity contribution is 5.96. The topological polar surface area (TPSA) is 111 Å². The predicted molar refractivity (Wildman–Crippen MR) is 162 cm³/mol. The first-order valence-electron chi connectivity index (χ1n) is 15.0. The molecule has 0 bridgehead atoms. The molecule has 4 aromatic rings. The molecule has 3 aromatic carbocycles. The zero-order valence-corrected chi connectivity index (χ0v) is 24.9. The number of aromatic nitrogens is 1. The summed E-state index contributed by atoms with van der Waals surface area (Å²) in [6.07, 6.45) is 0.215. The second kappa shape index (κ2) is 13.0. The number of oxazole rings is 1. The molecule has 2 aliphatic rings. The molecule has 44 heavy (non-hydrogen) atoms. The average Bonchev–Trinajstić information content (AvgIpc) is 3.77. The zero-order valence-electron chi connectivity index (χ0n) is 24.9. The van der Waals surface area contributed by atoms with Gasteiger partial charge in [-0.2, -0.15) is 0 Å². The summed E-state index contributed by atoms with van der Waals surface area (Å²) in [4.78, 5) is 32.1. The molecule has 6 rings (SSSR count). The maximum absolute atomic E-state index is 13.7. The van der Waals surface area contributed by atoms with E-state index in [1.807, 2.05) is 73.7 Å². The summed E-state index contributed by atoms with van der Waals surface area (Å²) in [5.74, 6) is 1.49. The molecule has 9 nitrogen and oxygen atoms in total. The van der Waals surface area contributed by atoms with Gasteiger partial charge in [-0.05, 0) is 73.1 Å². The lowest BCUT2D eigenvalue weighted by atomic mass is 9.94. The van der Waals surface area contributed by atoms with Gasteiger partial charge in [0.2, 0.25) is 5.89 Å². The van der Waals surface area contributed by atoms with Gasteiger partial charge < -0.3 is 23.7 Å². The van der Waals surface area contributed by atoms with Crippen LogP contribution < -0.4 is 4.74 Å². The van der Waals surface area contributed by atoms with Crippen molar-refractivity contribution in [2.75, 3.05) is 20.3 Å². The highest BCUT2D eigenvalue weighted by Gasteiger charge is 2.44. The number of methoxy groups -OCH3 is 1. The lowest BCUT2D eigenvalue weighted by Crippen LogP contribution is -2.48. The standard InChI is InChI=1S/C35H36N2O7/c1-22-29(36-33(44-22)24-12-7-4-8-13-24)18-19-42-30-17-16-28(26-14-9-15-27(26)30)31(38)32(41-2)34(39)37-25(21-43-35(37)40)20-23-10-5-3-6-11-23/h3-8,10-13,16-17,25,31-32,38H,9,14-15,18-21H2,1-2H3/t25-,31+,32-/m0/s1. The van der Waals surface area contributed by atoms with E-state index in [1.54, 1.807) is 6.07 Å². The SMILES string of the molecule is CO[C@H](C(=O)N1C(=O)OC[C@@H]1Cc1ccccc1)[C@H](O)c1ccc(OCCc2nc(-c3ccccc3)oc2C)c2c1CCC2. The van der Waals surface area contributed by atoms with E-state index < -0.39 is 30.3 Å². The van der Waals surface area contributed by atoms with Gasteiger partial charge in [0.05, 0.1) is 18.3 Å². The number of nitrogens with zero attached hydrogens (tertiary/aromatic N) is 2. The van der Waals surface area contributed by atoms with E-state index in [0.29, 0.717) is 30.9 Å². The molecular weight excluding hydrogens is 560 g/mol. The third kappa shape index (κ3) is 5.98. The number of amides is 2. The number of benzene rings is 3. The lowest BCUT2D eigenvalue weighted by molar-refractivity contribution is -0.147. The summed E-state index contributed by atoms with van der Waals surface area (Å²) in [7, 11) is 1.37. The van der Waals surface area contributed by atoms with Gasteiger partial charge in [0, 0.05) is 19.1 Å². The number of cyclic esters (lactones) is 1. The van der Waals surface area contributed by atoms with Gasteiger partial charge in [-0.3, -0.25) is 4.79 Å². The van der Waals surface area contributed by atoms with Gasteiger partial charge in [-0.15, -0.1) is 0 Å². The van der Waals surface area contributed by atoms with Crippen LogP contribution in [0.4, 0.5) is 4.79 Å². The summed E-state index contributed by atoms with van der Waals surface area (Å²) < 4.78 is 22.9. The Labute approximate surface area is 256 Å². The number of aliphatic hydroxyl groups is 1. The molecule has 0 spiro atoms. The van der Waals surface area contributed by atoms with Crippen LogP contribution in [0.15, 0.2) is 77.2 Å². The number of imide groups is 1. The number of fused-ring (bicyclic) bond motifs is 1. The van der Waals surface area contributed by atoms with Gasteiger partial charge in [0.15, 0.2) is 6.10 Å². The van der Waals surface area contributed by atoms with Gasteiger partial charge in [-0.25, -0.2) is 14.7 Å². The number of aliphatic hydroxyl groups excluding tert-OH is 1. The Hall–Kier alpha value is -4.47. The molecule has 1 aliphatic heterocycles. The van der Waals surface area contributed by atoms with Crippen LogP contribution in [0.25, 0.3) is 11.5 Å². The van der Waals surface area contributed by atoms with Gasteiger partial charge in [0.25, 0.3) is 5.91 Å². The van der Waals surface area contributed by atoms with Gasteiger partial charge in [0.1, 0.15) is 24.2 Å². The molecular formula is C35H36N2O7. The van der Waals surface area contributed by atoms with Gasteiger partial charge in [-0.1, -0.05) is 54.6 Å². The fourth-order valence-corrected chi connectivity index (χ4v) is 6.17. The number of rotatable bonds is 11. The fraction of sp³-hybridized carbons (Fsp3) is 0.343. The van der Waals surface area contributed by atoms with E-state index >= 15 is 0 Å². The van der Waals surface area contributed by atoms with Crippen molar-refractivity contribution >= 4 is 12.0 Å². The number of carbonyl (C=O) groups excluding carboxylic acids is 2. The Morgan fingerprint density at radius 3 is 2.52 bits per heavy atom. The largest absolute Gasteiger partial charge is 0.493 e. The van der Waals surface area contributed by atoms with E-state index in [1.165, 1.54) is 7.11 Å². The highest BCUT2D eigenvalue weighted by Crippen LogP contribution is 2.38. The van der Waals surface area contributed by atoms with E-state index in [-0.39, 0.29) is 6.61 Å². The summed E-state index contributed by atoms with van der Waals surface area (Å²) in [5, 5.41) is 11.5. The van der Waals surface area contributed by atoms with Crippen LogP contribution in [0.3, 0.4) is 0 Å².